The second kappa shape index (κ2) is 4.72. The normalized spacial score (nSPS) is 10.9. The maximum Gasteiger partial charge on any atom is 0.337 e. The number of hydrogen-bond acceptors (Lipinski definition) is 2. The lowest BCUT2D eigenvalue weighted by atomic mass is 10.2. The molecule has 0 aliphatic rings. The number of carboxylic acid groups (broad SMARTS) is 1. The maximum atomic E-state index is 13.2. The fraction of sp³-hybridized carbons (Fsp3) is 0. The Balaban J connectivity index is 2.34. The van der Waals surface area contributed by atoms with E-state index in [1.54, 1.807) is 22.8 Å². The van der Waals surface area contributed by atoms with E-state index in [1.807, 2.05) is 0 Å². The molecule has 1 heterocycles. The summed E-state index contributed by atoms with van der Waals surface area (Å²) >= 11 is 3.28. The van der Waals surface area contributed by atoms with Crippen LogP contribution in [0, 0.1) is 5.82 Å². The molecule has 100 valence electrons. The summed E-state index contributed by atoms with van der Waals surface area (Å²) in [5.41, 5.74) is 1.83. The Morgan fingerprint density at radius 3 is 2.80 bits per heavy atom. The Kier molecular flexibility index (Phi) is 3.02. The van der Waals surface area contributed by atoms with Crippen LogP contribution in [0.2, 0.25) is 0 Å². The number of para-hydroxylation sites is 1. The molecule has 0 saturated heterocycles. The van der Waals surface area contributed by atoms with Gasteiger partial charge < -0.3 is 5.11 Å². The number of hydrogen-bond donors (Lipinski definition) is 1. The van der Waals surface area contributed by atoms with Crippen molar-refractivity contribution in [3.8, 4) is 5.69 Å². The number of aromatic carboxylic acids is 1. The van der Waals surface area contributed by atoms with Crippen LogP contribution in [0.5, 0.6) is 0 Å². The van der Waals surface area contributed by atoms with Crippen molar-refractivity contribution in [2.24, 2.45) is 0 Å². The number of rotatable bonds is 2. The van der Waals surface area contributed by atoms with Gasteiger partial charge in [0.15, 0.2) is 0 Å². The first-order valence-corrected chi connectivity index (χ1v) is 6.52. The van der Waals surface area contributed by atoms with E-state index < -0.39 is 5.97 Å². The average molecular weight is 335 g/mol. The number of carboxylic acids is 1. The van der Waals surface area contributed by atoms with Crippen molar-refractivity contribution in [1.29, 1.82) is 0 Å². The van der Waals surface area contributed by atoms with Gasteiger partial charge in [0.05, 0.1) is 22.3 Å². The quantitative estimate of drug-likeness (QED) is 0.778. The molecule has 3 rings (SSSR count). The van der Waals surface area contributed by atoms with Crippen molar-refractivity contribution in [3.63, 3.8) is 0 Å². The molecule has 20 heavy (non-hydrogen) atoms. The second-order valence-electron chi connectivity index (χ2n) is 4.19. The highest BCUT2D eigenvalue weighted by atomic mass is 79.9. The molecule has 1 aromatic heterocycles. The molecule has 4 nitrogen and oxygen atoms in total. The molecule has 3 aromatic rings. The summed E-state index contributed by atoms with van der Waals surface area (Å²) < 4.78 is 15.3. The zero-order valence-electron chi connectivity index (χ0n) is 10.0. The van der Waals surface area contributed by atoms with Crippen molar-refractivity contribution in [2.75, 3.05) is 0 Å². The highest BCUT2D eigenvalue weighted by Crippen LogP contribution is 2.27. The summed E-state index contributed by atoms with van der Waals surface area (Å²) in [5.74, 6) is -1.40. The predicted octanol–water partition coefficient (Wildman–Crippen LogP) is 3.63. The number of imidazole rings is 1. The van der Waals surface area contributed by atoms with Crippen molar-refractivity contribution in [1.82, 2.24) is 9.55 Å². The molecule has 2 aromatic carbocycles. The lowest BCUT2D eigenvalue weighted by Gasteiger charge is -2.08. The zero-order valence-corrected chi connectivity index (χ0v) is 11.6. The predicted molar refractivity (Wildman–Crippen MR) is 75.7 cm³/mol. The van der Waals surface area contributed by atoms with Crippen molar-refractivity contribution in [2.45, 2.75) is 0 Å². The molecule has 0 aliphatic carbocycles. The number of benzene rings is 2. The van der Waals surface area contributed by atoms with Crippen molar-refractivity contribution >= 4 is 32.9 Å². The highest BCUT2D eigenvalue weighted by molar-refractivity contribution is 9.10. The summed E-state index contributed by atoms with van der Waals surface area (Å²) in [4.78, 5) is 15.5. The van der Waals surface area contributed by atoms with Crippen LogP contribution in [0.15, 0.2) is 47.2 Å². The summed E-state index contributed by atoms with van der Waals surface area (Å²) in [6.07, 6.45) is 1.52. The minimum Gasteiger partial charge on any atom is -0.478 e. The van der Waals surface area contributed by atoms with E-state index in [0.717, 1.165) is 0 Å². The minimum absolute atomic E-state index is 0.149. The highest BCUT2D eigenvalue weighted by Gasteiger charge is 2.15. The summed E-state index contributed by atoms with van der Waals surface area (Å²) in [6.45, 7) is 0. The van der Waals surface area contributed by atoms with Crippen LogP contribution >= 0.6 is 15.9 Å². The Morgan fingerprint density at radius 2 is 2.10 bits per heavy atom. The molecule has 1 N–H and O–H groups in total. The van der Waals surface area contributed by atoms with Crippen LogP contribution in [0.25, 0.3) is 16.7 Å². The third kappa shape index (κ3) is 1.98. The van der Waals surface area contributed by atoms with Gasteiger partial charge in [-0.05, 0) is 46.3 Å². The second-order valence-corrected chi connectivity index (χ2v) is 5.04. The maximum absolute atomic E-state index is 13.2. The number of aromatic nitrogens is 2. The van der Waals surface area contributed by atoms with Crippen LogP contribution in [-0.4, -0.2) is 20.6 Å². The summed E-state index contributed by atoms with van der Waals surface area (Å²) in [5, 5.41) is 9.27. The van der Waals surface area contributed by atoms with Crippen LogP contribution in [-0.2, 0) is 0 Å². The van der Waals surface area contributed by atoms with E-state index in [9.17, 15) is 14.3 Å². The van der Waals surface area contributed by atoms with Gasteiger partial charge in [0.2, 0.25) is 0 Å². The fourth-order valence-corrected chi connectivity index (χ4v) is 2.64. The third-order valence-corrected chi connectivity index (χ3v) is 3.60. The molecule has 0 bridgehead atoms. The van der Waals surface area contributed by atoms with E-state index in [1.165, 1.54) is 24.5 Å². The van der Waals surface area contributed by atoms with Crippen LogP contribution in [0.3, 0.4) is 0 Å². The molecular formula is C14H8BrFN2O2. The molecule has 0 unspecified atom stereocenters. The SMILES string of the molecule is O=C(O)c1cccc2ncn(-c3ccc(F)cc3Br)c12. The van der Waals surface area contributed by atoms with Gasteiger partial charge in [-0.15, -0.1) is 0 Å². The first-order chi connectivity index (χ1) is 9.58. The smallest absolute Gasteiger partial charge is 0.337 e. The van der Waals surface area contributed by atoms with Gasteiger partial charge in [-0.2, -0.15) is 0 Å². The van der Waals surface area contributed by atoms with Crippen molar-refractivity contribution in [3.05, 3.63) is 58.6 Å². The topological polar surface area (TPSA) is 55.1 Å². The van der Waals surface area contributed by atoms with Gasteiger partial charge in [-0.1, -0.05) is 6.07 Å². The first kappa shape index (κ1) is 12.8. The number of carbonyl (C=O) groups is 1. The molecule has 0 atom stereocenters. The first-order valence-electron chi connectivity index (χ1n) is 5.72. The molecule has 0 saturated carbocycles. The Bertz CT molecular complexity index is 829. The van der Waals surface area contributed by atoms with E-state index in [0.29, 0.717) is 21.2 Å². The monoisotopic (exact) mass is 334 g/mol. The Labute approximate surface area is 121 Å². The molecular weight excluding hydrogens is 327 g/mol. The minimum atomic E-state index is -1.03. The van der Waals surface area contributed by atoms with Gasteiger partial charge in [0, 0.05) is 4.47 Å². The molecule has 0 aliphatic heterocycles. The van der Waals surface area contributed by atoms with Gasteiger partial charge in [0.25, 0.3) is 0 Å². The number of fused-ring (bicyclic) bond motifs is 1. The zero-order chi connectivity index (χ0) is 14.3. The lowest BCUT2D eigenvalue weighted by Crippen LogP contribution is -2.02. The van der Waals surface area contributed by atoms with E-state index in [-0.39, 0.29) is 11.4 Å². The van der Waals surface area contributed by atoms with Crippen LogP contribution in [0.1, 0.15) is 10.4 Å². The summed E-state index contributed by atoms with van der Waals surface area (Å²) in [6, 6.07) is 9.10. The molecule has 0 amide bonds. The largest absolute Gasteiger partial charge is 0.478 e. The third-order valence-electron chi connectivity index (χ3n) is 2.97. The molecule has 0 radical (unpaired) electrons. The van der Waals surface area contributed by atoms with Gasteiger partial charge in [-0.3, -0.25) is 4.57 Å². The lowest BCUT2D eigenvalue weighted by molar-refractivity contribution is 0.0698. The van der Waals surface area contributed by atoms with Gasteiger partial charge >= 0.3 is 5.97 Å². The number of halogens is 2. The van der Waals surface area contributed by atoms with Crippen molar-refractivity contribution < 1.29 is 14.3 Å². The molecule has 6 heteroatoms. The average Bonchev–Trinajstić information content (AvgIpc) is 2.82. The fourth-order valence-electron chi connectivity index (χ4n) is 2.10. The molecule has 0 fully saturated rings. The molecule has 0 spiro atoms. The van der Waals surface area contributed by atoms with Crippen LogP contribution in [0.4, 0.5) is 4.39 Å². The van der Waals surface area contributed by atoms with E-state index >= 15 is 0 Å². The van der Waals surface area contributed by atoms with Gasteiger partial charge in [0.1, 0.15) is 12.1 Å². The van der Waals surface area contributed by atoms with Crippen LogP contribution < -0.4 is 0 Å². The Hall–Kier alpha value is -2.21. The van der Waals surface area contributed by atoms with E-state index in [2.05, 4.69) is 20.9 Å². The summed E-state index contributed by atoms with van der Waals surface area (Å²) in [7, 11) is 0. The van der Waals surface area contributed by atoms with Gasteiger partial charge in [-0.25, -0.2) is 14.2 Å². The Morgan fingerprint density at radius 1 is 1.30 bits per heavy atom. The standard InChI is InChI=1S/C14H8BrFN2O2/c15-10-6-8(16)4-5-12(10)18-7-17-11-3-1-2-9(13(11)18)14(19)20/h1-7H,(H,19,20). The number of nitrogens with zero attached hydrogens (tertiary/aromatic N) is 2. The van der Waals surface area contributed by atoms with E-state index in [4.69, 9.17) is 0 Å².